The standard InChI is InChI=1S/C17H21N2/c1-17(2,3)15-6-4-5-14(11-15)13-7-9-16(10-8-13)19-12-18/h4-6,11H,7-10H2,1-3H3. The number of hydrogen-bond acceptors (Lipinski definition) is 2. The van der Waals surface area contributed by atoms with Crippen molar-refractivity contribution in [3.8, 4) is 6.19 Å². The van der Waals surface area contributed by atoms with Gasteiger partial charge in [0.2, 0.25) is 6.19 Å². The number of nitriles is 1. The molecule has 1 aliphatic rings. The van der Waals surface area contributed by atoms with Crippen molar-refractivity contribution >= 4 is 5.71 Å². The second-order valence-electron chi connectivity index (χ2n) is 6.21. The highest BCUT2D eigenvalue weighted by Gasteiger charge is 2.21. The largest absolute Gasteiger partial charge is 0.205 e. The van der Waals surface area contributed by atoms with Crippen molar-refractivity contribution in [1.29, 1.82) is 5.26 Å². The van der Waals surface area contributed by atoms with E-state index in [-0.39, 0.29) is 5.41 Å². The SMILES string of the molecule is CC(C)(C)c1cccc([C]2CCC(=NC#N)CC2)c1. The zero-order chi connectivity index (χ0) is 13.9. The molecule has 1 fully saturated rings. The van der Waals surface area contributed by atoms with Gasteiger partial charge in [-0.25, -0.2) is 0 Å². The van der Waals surface area contributed by atoms with E-state index < -0.39 is 0 Å². The molecule has 0 bridgehead atoms. The van der Waals surface area contributed by atoms with Gasteiger partial charge in [0.1, 0.15) is 0 Å². The van der Waals surface area contributed by atoms with Crippen molar-refractivity contribution in [2.24, 2.45) is 4.99 Å². The molecule has 2 rings (SSSR count). The Balaban J connectivity index is 2.12. The number of hydrogen-bond donors (Lipinski definition) is 0. The Morgan fingerprint density at radius 2 is 1.79 bits per heavy atom. The summed E-state index contributed by atoms with van der Waals surface area (Å²) in [7, 11) is 0. The van der Waals surface area contributed by atoms with Crippen LogP contribution in [-0.2, 0) is 5.41 Å². The van der Waals surface area contributed by atoms with Gasteiger partial charge in [-0.05, 0) is 42.2 Å². The van der Waals surface area contributed by atoms with E-state index in [4.69, 9.17) is 5.26 Å². The van der Waals surface area contributed by atoms with Crippen molar-refractivity contribution in [3.63, 3.8) is 0 Å². The van der Waals surface area contributed by atoms with Crippen LogP contribution in [0.2, 0.25) is 0 Å². The second kappa shape index (κ2) is 5.57. The number of nitrogens with zero attached hydrogens (tertiary/aromatic N) is 2. The first-order valence-corrected chi connectivity index (χ1v) is 6.91. The van der Waals surface area contributed by atoms with Gasteiger partial charge in [-0.2, -0.15) is 10.3 Å². The first-order valence-electron chi connectivity index (χ1n) is 6.91. The monoisotopic (exact) mass is 253 g/mol. The summed E-state index contributed by atoms with van der Waals surface area (Å²) in [6, 6.07) is 8.88. The van der Waals surface area contributed by atoms with E-state index in [1.165, 1.54) is 17.0 Å². The molecule has 1 aliphatic carbocycles. The van der Waals surface area contributed by atoms with Gasteiger partial charge in [0, 0.05) is 11.6 Å². The van der Waals surface area contributed by atoms with Crippen LogP contribution in [0.5, 0.6) is 0 Å². The lowest BCUT2D eigenvalue weighted by Crippen LogP contribution is -2.15. The predicted octanol–water partition coefficient (Wildman–Crippen LogP) is 4.40. The van der Waals surface area contributed by atoms with Crippen LogP contribution < -0.4 is 0 Å². The summed E-state index contributed by atoms with van der Waals surface area (Å²) in [5, 5.41) is 8.58. The minimum absolute atomic E-state index is 0.193. The molecular formula is C17H21N2. The van der Waals surface area contributed by atoms with Crippen LogP contribution in [0.3, 0.4) is 0 Å². The molecule has 1 saturated carbocycles. The van der Waals surface area contributed by atoms with Gasteiger partial charge >= 0.3 is 0 Å². The molecule has 0 amide bonds. The second-order valence-corrected chi connectivity index (χ2v) is 6.21. The fourth-order valence-electron chi connectivity index (χ4n) is 2.52. The van der Waals surface area contributed by atoms with E-state index in [0.717, 1.165) is 31.4 Å². The van der Waals surface area contributed by atoms with E-state index in [2.05, 4.69) is 50.0 Å². The van der Waals surface area contributed by atoms with Crippen molar-refractivity contribution in [1.82, 2.24) is 0 Å². The molecule has 0 aromatic heterocycles. The molecule has 19 heavy (non-hydrogen) atoms. The van der Waals surface area contributed by atoms with Gasteiger partial charge in [-0.1, -0.05) is 45.0 Å². The van der Waals surface area contributed by atoms with E-state index in [9.17, 15) is 0 Å². The van der Waals surface area contributed by atoms with Gasteiger partial charge in [0.05, 0.1) is 0 Å². The smallest absolute Gasteiger partial charge is 0.183 e. The molecule has 0 aliphatic heterocycles. The molecule has 1 aromatic rings. The molecular weight excluding hydrogens is 232 g/mol. The Bertz CT molecular complexity index is 505. The zero-order valence-corrected chi connectivity index (χ0v) is 12.0. The highest BCUT2D eigenvalue weighted by molar-refractivity contribution is 5.86. The van der Waals surface area contributed by atoms with E-state index in [0.29, 0.717) is 0 Å². The van der Waals surface area contributed by atoms with Gasteiger partial charge in [0.15, 0.2) is 0 Å². The third kappa shape index (κ3) is 3.44. The molecule has 0 saturated heterocycles. The Kier molecular flexibility index (Phi) is 4.04. The molecule has 99 valence electrons. The van der Waals surface area contributed by atoms with Crippen LogP contribution in [0.4, 0.5) is 0 Å². The quantitative estimate of drug-likeness (QED) is 0.683. The topological polar surface area (TPSA) is 36.1 Å². The molecule has 1 aromatic carbocycles. The molecule has 1 radical (unpaired) electrons. The summed E-state index contributed by atoms with van der Waals surface area (Å²) in [6.07, 6.45) is 5.84. The van der Waals surface area contributed by atoms with Gasteiger partial charge in [0.25, 0.3) is 0 Å². The Morgan fingerprint density at radius 1 is 1.11 bits per heavy atom. The summed E-state index contributed by atoms with van der Waals surface area (Å²) < 4.78 is 0. The van der Waals surface area contributed by atoms with Crippen LogP contribution >= 0.6 is 0 Å². The molecule has 0 atom stereocenters. The molecule has 2 nitrogen and oxygen atoms in total. The Labute approximate surface area is 116 Å². The first kappa shape index (κ1) is 13.8. The Morgan fingerprint density at radius 3 is 2.37 bits per heavy atom. The Hall–Kier alpha value is -1.62. The maximum atomic E-state index is 8.58. The van der Waals surface area contributed by atoms with Crippen molar-refractivity contribution in [3.05, 3.63) is 41.3 Å². The molecule has 0 heterocycles. The van der Waals surface area contributed by atoms with E-state index >= 15 is 0 Å². The lowest BCUT2D eigenvalue weighted by molar-refractivity contribution is 0.588. The van der Waals surface area contributed by atoms with Gasteiger partial charge < -0.3 is 0 Å². The van der Waals surface area contributed by atoms with Gasteiger partial charge in [-0.3, -0.25) is 0 Å². The zero-order valence-electron chi connectivity index (χ0n) is 12.0. The van der Waals surface area contributed by atoms with Gasteiger partial charge in [-0.15, -0.1) is 0 Å². The average molecular weight is 253 g/mol. The molecule has 0 unspecified atom stereocenters. The molecule has 2 heteroatoms. The van der Waals surface area contributed by atoms with Crippen LogP contribution in [-0.4, -0.2) is 5.71 Å². The fourth-order valence-corrected chi connectivity index (χ4v) is 2.52. The van der Waals surface area contributed by atoms with Crippen LogP contribution in [0.1, 0.15) is 57.6 Å². The maximum absolute atomic E-state index is 8.58. The summed E-state index contributed by atoms with van der Waals surface area (Å²) in [5.74, 6) is 1.50. The van der Waals surface area contributed by atoms with Crippen molar-refractivity contribution in [2.75, 3.05) is 0 Å². The van der Waals surface area contributed by atoms with E-state index in [1.54, 1.807) is 0 Å². The summed E-state index contributed by atoms with van der Waals surface area (Å²) in [6.45, 7) is 6.74. The minimum atomic E-state index is 0.193. The van der Waals surface area contributed by atoms with Crippen molar-refractivity contribution in [2.45, 2.75) is 51.9 Å². The maximum Gasteiger partial charge on any atom is 0.205 e. The average Bonchev–Trinajstić information content (AvgIpc) is 2.39. The van der Waals surface area contributed by atoms with Crippen LogP contribution in [0.25, 0.3) is 0 Å². The summed E-state index contributed by atoms with van der Waals surface area (Å²) in [4.78, 5) is 3.88. The lowest BCUT2D eigenvalue weighted by Gasteiger charge is -2.25. The summed E-state index contributed by atoms with van der Waals surface area (Å²) >= 11 is 0. The molecule has 0 spiro atoms. The highest BCUT2D eigenvalue weighted by Crippen LogP contribution is 2.33. The third-order valence-corrected chi connectivity index (χ3v) is 3.78. The lowest BCUT2D eigenvalue weighted by atomic mass is 9.80. The third-order valence-electron chi connectivity index (χ3n) is 3.78. The molecule has 0 N–H and O–H groups in total. The normalized spacial score (nSPS) is 17.1. The van der Waals surface area contributed by atoms with Crippen molar-refractivity contribution < 1.29 is 0 Å². The van der Waals surface area contributed by atoms with Crippen LogP contribution in [0.15, 0.2) is 29.3 Å². The first-order chi connectivity index (χ1) is 9.00. The number of aliphatic imine (C=N–C) groups is 1. The highest BCUT2D eigenvalue weighted by atomic mass is 14.7. The fraction of sp³-hybridized carbons (Fsp3) is 0.471. The minimum Gasteiger partial charge on any atom is -0.183 e. The number of benzene rings is 1. The van der Waals surface area contributed by atoms with E-state index in [1.807, 2.05) is 6.19 Å². The predicted molar refractivity (Wildman–Crippen MR) is 79.0 cm³/mol. The summed E-state index contributed by atoms with van der Waals surface area (Å²) in [5.41, 5.74) is 3.99. The number of rotatable bonds is 1. The van der Waals surface area contributed by atoms with Crippen LogP contribution in [0, 0.1) is 17.4 Å².